The minimum absolute atomic E-state index is 0.0787. The van der Waals surface area contributed by atoms with Crippen LogP contribution >= 0.6 is 0 Å². The molecule has 0 aromatic rings. The molecule has 0 radical (unpaired) electrons. The quantitative estimate of drug-likeness (QED) is 0.778. The number of hydrogen-bond donors (Lipinski definition) is 2. The Morgan fingerprint density at radius 1 is 1.00 bits per heavy atom. The van der Waals surface area contributed by atoms with Gasteiger partial charge in [0.15, 0.2) is 0 Å². The zero-order valence-electron chi connectivity index (χ0n) is 15.5. The van der Waals surface area contributed by atoms with Gasteiger partial charge in [0.1, 0.15) is 5.78 Å². The molecule has 3 rings (SSSR count). The maximum atomic E-state index is 12.8. The third-order valence-corrected chi connectivity index (χ3v) is 6.38. The molecular weight excluding hydrogens is 318 g/mol. The van der Waals surface area contributed by atoms with Crippen LogP contribution in [0, 0.1) is 11.8 Å². The predicted octanol–water partition coefficient (Wildman–Crippen LogP) is 0.641. The number of ketones is 1. The van der Waals surface area contributed by atoms with E-state index in [1.54, 1.807) is 6.92 Å². The molecule has 0 spiro atoms. The van der Waals surface area contributed by atoms with Crippen LogP contribution in [0.25, 0.3) is 0 Å². The van der Waals surface area contributed by atoms with Crippen LogP contribution < -0.4 is 5.32 Å². The lowest BCUT2D eigenvalue weighted by Gasteiger charge is -2.43. The zero-order valence-corrected chi connectivity index (χ0v) is 15.5. The maximum absolute atomic E-state index is 12.8. The molecule has 0 unspecified atom stereocenters. The first-order valence-corrected chi connectivity index (χ1v) is 9.91. The molecule has 0 aromatic carbocycles. The predicted molar refractivity (Wildman–Crippen MR) is 96.2 cm³/mol. The number of hydrogen-bond acceptors (Lipinski definition) is 5. The first-order valence-electron chi connectivity index (χ1n) is 9.91. The van der Waals surface area contributed by atoms with Gasteiger partial charge in [-0.05, 0) is 45.4 Å². The Labute approximate surface area is 150 Å². The van der Waals surface area contributed by atoms with Gasteiger partial charge in [-0.3, -0.25) is 14.5 Å². The monoisotopic (exact) mass is 351 g/mol. The number of piperidine rings is 1. The molecule has 142 valence electrons. The van der Waals surface area contributed by atoms with E-state index in [1.165, 1.54) is 0 Å². The molecule has 25 heavy (non-hydrogen) atoms. The molecule has 2 N–H and O–H groups in total. The Balaban J connectivity index is 1.45. The van der Waals surface area contributed by atoms with Gasteiger partial charge in [-0.1, -0.05) is 0 Å². The number of nitrogens with one attached hydrogen (secondary N) is 1. The molecular formula is C19H33N3O3. The van der Waals surface area contributed by atoms with Crippen LogP contribution in [0.15, 0.2) is 0 Å². The Kier molecular flexibility index (Phi) is 6.12. The summed E-state index contributed by atoms with van der Waals surface area (Å²) in [6.07, 6.45) is 4.73. The van der Waals surface area contributed by atoms with Crippen molar-refractivity contribution in [3.8, 4) is 0 Å². The van der Waals surface area contributed by atoms with Crippen molar-refractivity contribution in [2.45, 2.75) is 51.0 Å². The molecule has 0 aromatic heterocycles. The number of β-amino-alcohol motifs (C(OH)–C–C–N with tert-alkyl or cyclic N) is 1. The van der Waals surface area contributed by atoms with E-state index in [4.69, 9.17) is 0 Å². The van der Waals surface area contributed by atoms with Crippen LogP contribution in [-0.4, -0.2) is 78.0 Å². The highest BCUT2D eigenvalue weighted by Gasteiger charge is 2.38. The highest BCUT2D eigenvalue weighted by atomic mass is 16.3. The number of Topliss-reactive ketones (excluding diaryl/α,β-unsaturated/α-hetero) is 1. The van der Waals surface area contributed by atoms with E-state index < -0.39 is 5.60 Å². The first-order chi connectivity index (χ1) is 12.0. The Morgan fingerprint density at radius 2 is 1.56 bits per heavy atom. The summed E-state index contributed by atoms with van der Waals surface area (Å²) in [5, 5.41) is 14.2. The second kappa shape index (κ2) is 8.14. The number of piperazine rings is 1. The maximum Gasteiger partial charge on any atom is 0.225 e. The summed E-state index contributed by atoms with van der Waals surface area (Å²) in [5.74, 6) is 0.748. The fourth-order valence-electron chi connectivity index (χ4n) is 4.59. The van der Waals surface area contributed by atoms with Gasteiger partial charge in [0.25, 0.3) is 0 Å². The van der Waals surface area contributed by atoms with Gasteiger partial charge in [0, 0.05) is 57.6 Å². The van der Waals surface area contributed by atoms with Crippen molar-refractivity contribution < 1.29 is 14.7 Å². The zero-order chi connectivity index (χ0) is 17.9. The number of rotatable bonds is 4. The summed E-state index contributed by atoms with van der Waals surface area (Å²) in [7, 11) is 0. The molecule has 6 nitrogen and oxygen atoms in total. The third kappa shape index (κ3) is 4.80. The van der Waals surface area contributed by atoms with Gasteiger partial charge in [0.2, 0.25) is 5.91 Å². The third-order valence-electron chi connectivity index (χ3n) is 6.38. The van der Waals surface area contributed by atoms with Crippen LogP contribution in [0.3, 0.4) is 0 Å². The summed E-state index contributed by atoms with van der Waals surface area (Å²) in [4.78, 5) is 28.5. The molecule has 2 heterocycles. The average Bonchev–Trinajstić information content (AvgIpc) is 2.62. The summed E-state index contributed by atoms with van der Waals surface area (Å²) in [5.41, 5.74) is -0.652. The number of nitrogens with zero attached hydrogens (tertiary/aromatic N) is 2. The van der Waals surface area contributed by atoms with E-state index >= 15 is 0 Å². The van der Waals surface area contributed by atoms with Crippen molar-refractivity contribution in [1.82, 2.24) is 15.1 Å². The van der Waals surface area contributed by atoms with Crippen molar-refractivity contribution in [3.05, 3.63) is 0 Å². The van der Waals surface area contributed by atoms with E-state index in [-0.39, 0.29) is 23.5 Å². The Hall–Kier alpha value is -0.980. The van der Waals surface area contributed by atoms with E-state index in [0.29, 0.717) is 25.9 Å². The Morgan fingerprint density at radius 3 is 2.12 bits per heavy atom. The number of aliphatic hydroxyl groups is 1. The van der Waals surface area contributed by atoms with Crippen molar-refractivity contribution in [2.75, 3.05) is 45.8 Å². The van der Waals surface area contributed by atoms with Crippen LogP contribution in [0.5, 0.6) is 0 Å². The molecule has 3 fully saturated rings. The highest BCUT2D eigenvalue weighted by molar-refractivity contribution is 5.81. The van der Waals surface area contributed by atoms with Crippen molar-refractivity contribution >= 4 is 11.7 Å². The number of carbonyl (C=O) groups is 2. The van der Waals surface area contributed by atoms with Gasteiger partial charge in [0.05, 0.1) is 5.60 Å². The molecule has 1 aliphatic carbocycles. The summed E-state index contributed by atoms with van der Waals surface area (Å²) in [6, 6.07) is 0. The highest BCUT2D eigenvalue weighted by Crippen LogP contribution is 2.32. The molecule has 0 atom stereocenters. The summed E-state index contributed by atoms with van der Waals surface area (Å²) >= 11 is 0. The molecule has 2 aliphatic heterocycles. The normalized spacial score (nSPS) is 30.9. The van der Waals surface area contributed by atoms with E-state index in [1.807, 2.05) is 4.90 Å². The SMILES string of the molecule is CC(=O)C1CCC(C(=O)N2CCC(O)(CN3CCNCC3)CC2)CC1. The topological polar surface area (TPSA) is 72.9 Å². The van der Waals surface area contributed by atoms with Gasteiger partial charge < -0.3 is 15.3 Å². The van der Waals surface area contributed by atoms with Gasteiger partial charge in [-0.2, -0.15) is 0 Å². The van der Waals surface area contributed by atoms with Crippen LogP contribution in [-0.2, 0) is 9.59 Å². The van der Waals surface area contributed by atoms with E-state index in [9.17, 15) is 14.7 Å². The number of likely N-dealkylation sites (tertiary alicyclic amines) is 1. The molecule has 1 saturated carbocycles. The fourth-order valence-corrected chi connectivity index (χ4v) is 4.59. The Bertz CT molecular complexity index is 474. The molecule has 6 heteroatoms. The lowest BCUT2D eigenvalue weighted by Crippen LogP contribution is -2.55. The van der Waals surface area contributed by atoms with Crippen LogP contribution in [0.4, 0.5) is 0 Å². The minimum Gasteiger partial charge on any atom is -0.388 e. The number of carbonyl (C=O) groups excluding carboxylic acids is 2. The fraction of sp³-hybridized carbons (Fsp3) is 0.895. The smallest absolute Gasteiger partial charge is 0.225 e. The summed E-state index contributed by atoms with van der Waals surface area (Å²) < 4.78 is 0. The summed E-state index contributed by atoms with van der Waals surface area (Å²) in [6.45, 7) is 7.67. The average molecular weight is 351 g/mol. The molecule has 3 aliphatic rings. The van der Waals surface area contributed by atoms with Gasteiger partial charge in [-0.15, -0.1) is 0 Å². The second-order valence-corrected chi connectivity index (χ2v) is 8.23. The first kappa shape index (κ1) is 18.8. The van der Waals surface area contributed by atoms with E-state index in [2.05, 4.69) is 10.2 Å². The molecule has 2 saturated heterocycles. The lowest BCUT2D eigenvalue weighted by molar-refractivity contribution is -0.142. The largest absolute Gasteiger partial charge is 0.388 e. The number of amides is 1. The van der Waals surface area contributed by atoms with Crippen molar-refractivity contribution in [3.63, 3.8) is 0 Å². The lowest BCUT2D eigenvalue weighted by atomic mass is 9.79. The minimum atomic E-state index is -0.652. The van der Waals surface area contributed by atoms with Crippen molar-refractivity contribution in [1.29, 1.82) is 0 Å². The van der Waals surface area contributed by atoms with E-state index in [0.717, 1.165) is 58.4 Å². The van der Waals surface area contributed by atoms with Crippen LogP contribution in [0.2, 0.25) is 0 Å². The van der Waals surface area contributed by atoms with Gasteiger partial charge in [-0.25, -0.2) is 0 Å². The van der Waals surface area contributed by atoms with Crippen LogP contribution in [0.1, 0.15) is 45.4 Å². The van der Waals surface area contributed by atoms with Gasteiger partial charge >= 0.3 is 0 Å². The molecule has 0 bridgehead atoms. The second-order valence-electron chi connectivity index (χ2n) is 8.23. The van der Waals surface area contributed by atoms with Crippen molar-refractivity contribution in [2.24, 2.45) is 11.8 Å². The standard InChI is InChI=1S/C19H33N3O3/c1-15(23)16-2-4-17(5-3-16)18(24)22-10-6-19(25,7-11-22)14-21-12-8-20-9-13-21/h16-17,20,25H,2-14H2,1H3. The molecule has 1 amide bonds.